The van der Waals surface area contributed by atoms with Gasteiger partial charge >= 0.3 is 0 Å². The molecule has 0 bridgehead atoms. The summed E-state index contributed by atoms with van der Waals surface area (Å²) in [5.41, 5.74) is 0.871. The summed E-state index contributed by atoms with van der Waals surface area (Å²) in [6.07, 6.45) is 2.05. The van der Waals surface area contributed by atoms with Gasteiger partial charge in [0.2, 0.25) is 0 Å². The summed E-state index contributed by atoms with van der Waals surface area (Å²) < 4.78 is 7.41. The molecule has 0 amide bonds. The van der Waals surface area contributed by atoms with Crippen molar-refractivity contribution in [3.63, 3.8) is 0 Å². The molecule has 0 aliphatic carbocycles. The van der Waals surface area contributed by atoms with E-state index >= 15 is 0 Å². The third-order valence-electron chi connectivity index (χ3n) is 2.28. The van der Waals surface area contributed by atoms with Crippen LogP contribution in [0.2, 0.25) is 5.02 Å². The average Bonchev–Trinajstić information content (AvgIpc) is 2.47. The maximum atomic E-state index is 5.91. The van der Waals surface area contributed by atoms with Crippen molar-refractivity contribution in [1.29, 1.82) is 0 Å². The Kier molecular flexibility index (Phi) is 3.05. The van der Waals surface area contributed by atoms with E-state index in [4.69, 9.17) is 16.3 Å². The van der Waals surface area contributed by atoms with Gasteiger partial charge in [0.05, 0.1) is 30.0 Å². The predicted octanol–water partition coefficient (Wildman–Crippen LogP) is 0.833. The Morgan fingerprint density at radius 1 is 1.79 bits per heavy atom. The molecule has 1 atom stereocenters. The van der Waals surface area contributed by atoms with Crippen LogP contribution < -0.4 is 5.32 Å². The summed E-state index contributed by atoms with van der Waals surface area (Å²) >= 11 is 5.91. The van der Waals surface area contributed by atoms with Gasteiger partial charge in [-0.2, -0.15) is 5.10 Å². The van der Waals surface area contributed by atoms with Crippen LogP contribution in [0.25, 0.3) is 0 Å². The molecule has 1 N–H and O–H groups in total. The van der Waals surface area contributed by atoms with Crippen LogP contribution in [-0.4, -0.2) is 35.6 Å². The van der Waals surface area contributed by atoms with E-state index in [0.717, 1.165) is 31.9 Å². The molecule has 2 rings (SSSR count). The quantitative estimate of drug-likeness (QED) is 0.795. The lowest BCUT2D eigenvalue weighted by atomic mass is 10.3. The lowest BCUT2D eigenvalue weighted by molar-refractivity contribution is 0.0161. The Bertz CT molecular complexity index is 288. The molecule has 1 saturated heterocycles. The van der Waals surface area contributed by atoms with E-state index in [2.05, 4.69) is 10.4 Å². The molecule has 1 aromatic rings. The average molecular weight is 216 g/mol. The number of aryl methyl sites for hydroxylation is 1. The highest BCUT2D eigenvalue weighted by Crippen LogP contribution is 2.12. The molecule has 1 aliphatic heterocycles. The highest BCUT2D eigenvalue weighted by Gasteiger charge is 2.14. The zero-order chi connectivity index (χ0) is 9.97. The van der Waals surface area contributed by atoms with Crippen molar-refractivity contribution in [2.45, 2.75) is 19.6 Å². The van der Waals surface area contributed by atoms with E-state index in [9.17, 15) is 0 Å². The molecule has 2 heterocycles. The second-order valence-corrected chi connectivity index (χ2v) is 3.89. The summed E-state index contributed by atoms with van der Waals surface area (Å²) in [5.74, 6) is 0. The van der Waals surface area contributed by atoms with E-state index in [1.54, 1.807) is 0 Å². The fourth-order valence-electron chi connectivity index (χ4n) is 1.53. The first-order chi connectivity index (χ1) is 6.75. The topological polar surface area (TPSA) is 39.1 Å². The number of nitrogens with one attached hydrogen (secondary N) is 1. The van der Waals surface area contributed by atoms with E-state index in [1.807, 2.05) is 17.8 Å². The Morgan fingerprint density at radius 3 is 3.21 bits per heavy atom. The van der Waals surface area contributed by atoms with E-state index in [0.29, 0.717) is 5.02 Å². The van der Waals surface area contributed by atoms with Gasteiger partial charge in [-0.3, -0.25) is 4.68 Å². The SMILES string of the molecule is Cc1nn(CC2CNCCO2)cc1Cl. The molecule has 5 heteroatoms. The number of hydrogen-bond acceptors (Lipinski definition) is 3. The highest BCUT2D eigenvalue weighted by atomic mass is 35.5. The van der Waals surface area contributed by atoms with Gasteiger partial charge in [-0.25, -0.2) is 0 Å². The number of nitrogens with zero attached hydrogens (tertiary/aromatic N) is 2. The Labute approximate surface area is 88.2 Å². The lowest BCUT2D eigenvalue weighted by Gasteiger charge is -2.23. The van der Waals surface area contributed by atoms with Crippen molar-refractivity contribution < 1.29 is 4.74 Å². The zero-order valence-corrected chi connectivity index (χ0v) is 8.92. The molecular formula is C9H14ClN3O. The minimum atomic E-state index is 0.208. The van der Waals surface area contributed by atoms with Crippen molar-refractivity contribution in [3.05, 3.63) is 16.9 Å². The molecule has 0 aromatic carbocycles. The number of hydrogen-bond donors (Lipinski definition) is 1. The largest absolute Gasteiger partial charge is 0.374 e. The normalized spacial score (nSPS) is 22.6. The van der Waals surface area contributed by atoms with Crippen molar-refractivity contribution in [2.24, 2.45) is 0 Å². The molecule has 78 valence electrons. The summed E-state index contributed by atoms with van der Waals surface area (Å²) in [7, 11) is 0. The maximum Gasteiger partial charge on any atom is 0.0895 e. The van der Waals surface area contributed by atoms with Crippen LogP contribution in [0.1, 0.15) is 5.69 Å². The summed E-state index contributed by atoms with van der Waals surface area (Å²) in [6.45, 7) is 5.27. The van der Waals surface area contributed by atoms with Crippen molar-refractivity contribution in [1.82, 2.24) is 15.1 Å². The fraction of sp³-hybridized carbons (Fsp3) is 0.667. The predicted molar refractivity (Wildman–Crippen MR) is 54.6 cm³/mol. The lowest BCUT2D eigenvalue weighted by Crippen LogP contribution is -2.40. The van der Waals surface area contributed by atoms with Gasteiger partial charge < -0.3 is 10.1 Å². The molecule has 0 spiro atoms. The molecule has 1 unspecified atom stereocenters. The first-order valence-corrected chi connectivity index (χ1v) is 5.15. The smallest absolute Gasteiger partial charge is 0.0895 e. The second kappa shape index (κ2) is 4.29. The number of ether oxygens (including phenoxy) is 1. The Morgan fingerprint density at radius 2 is 2.64 bits per heavy atom. The van der Waals surface area contributed by atoms with Crippen LogP contribution in [0, 0.1) is 6.92 Å². The number of halogens is 1. The van der Waals surface area contributed by atoms with Crippen LogP contribution in [0.3, 0.4) is 0 Å². The summed E-state index contributed by atoms with van der Waals surface area (Å²) in [6, 6.07) is 0. The molecular weight excluding hydrogens is 202 g/mol. The minimum absolute atomic E-state index is 0.208. The first-order valence-electron chi connectivity index (χ1n) is 4.77. The van der Waals surface area contributed by atoms with Gasteiger partial charge in [-0.1, -0.05) is 11.6 Å². The van der Waals surface area contributed by atoms with E-state index < -0.39 is 0 Å². The fourth-order valence-corrected chi connectivity index (χ4v) is 1.68. The van der Waals surface area contributed by atoms with Gasteiger partial charge in [0.25, 0.3) is 0 Å². The molecule has 1 fully saturated rings. The van der Waals surface area contributed by atoms with Crippen LogP contribution >= 0.6 is 11.6 Å². The number of rotatable bonds is 2. The van der Waals surface area contributed by atoms with Gasteiger partial charge in [-0.15, -0.1) is 0 Å². The van der Waals surface area contributed by atoms with Crippen molar-refractivity contribution in [3.8, 4) is 0 Å². The Hall–Kier alpha value is -0.580. The van der Waals surface area contributed by atoms with Crippen molar-refractivity contribution >= 4 is 11.6 Å². The first kappa shape index (κ1) is 9.96. The molecule has 0 radical (unpaired) electrons. The van der Waals surface area contributed by atoms with Crippen LogP contribution in [-0.2, 0) is 11.3 Å². The van der Waals surface area contributed by atoms with Gasteiger partial charge in [0.1, 0.15) is 0 Å². The van der Waals surface area contributed by atoms with Crippen LogP contribution in [0.5, 0.6) is 0 Å². The van der Waals surface area contributed by atoms with Gasteiger partial charge in [0.15, 0.2) is 0 Å². The standard InChI is InChI=1S/C9H14ClN3O/c1-7-9(10)6-13(12-7)5-8-4-11-2-3-14-8/h6,8,11H,2-5H2,1H3. The second-order valence-electron chi connectivity index (χ2n) is 3.48. The highest BCUT2D eigenvalue weighted by molar-refractivity contribution is 6.31. The maximum absolute atomic E-state index is 5.91. The number of morpholine rings is 1. The van der Waals surface area contributed by atoms with Crippen LogP contribution in [0.15, 0.2) is 6.20 Å². The zero-order valence-electron chi connectivity index (χ0n) is 8.16. The van der Waals surface area contributed by atoms with E-state index in [1.165, 1.54) is 0 Å². The molecule has 1 aliphatic rings. The summed E-state index contributed by atoms with van der Waals surface area (Å²) in [5, 5.41) is 8.28. The van der Waals surface area contributed by atoms with E-state index in [-0.39, 0.29) is 6.10 Å². The van der Waals surface area contributed by atoms with Gasteiger partial charge in [-0.05, 0) is 6.92 Å². The molecule has 0 saturated carbocycles. The molecule has 4 nitrogen and oxygen atoms in total. The van der Waals surface area contributed by atoms with Gasteiger partial charge in [0, 0.05) is 19.3 Å². The van der Waals surface area contributed by atoms with Crippen molar-refractivity contribution in [2.75, 3.05) is 19.7 Å². The summed E-state index contributed by atoms with van der Waals surface area (Å²) in [4.78, 5) is 0. The third kappa shape index (κ3) is 2.26. The Balaban J connectivity index is 1.95. The monoisotopic (exact) mass is 215 g/mol. The van der Waals surface area contributed by atoms with Crippen LogP contribution in [0.4, 0.5) is 0 Å². The third-order valence-corrected chi connectivity index (χ3v) is 2.65. The number of aromatic nitrogens is 2. The minimum Gasteiger partial charge on any atom is -0.374 e. The molecule has 1 aromatic heterocycles. The molecule has 14 heavy (non-hydrogen) atoms.